The maximum atomic E-state index is 12.7. The summed E-state index contributed by atoms with van der Waals surface area (Å²) in [6, 6.07) is 6.46. The van der Waals surface area contributed by atoms with Gasteiger partial charge >= 0.3 is 0 Å². The van der Waals surface area contributed by atoms with Crippen LogP contribution in [-0.4, -0.2) is 75.3 Å². The number of likely N-dealkylation sites (tertiary alicyclic amines) is 1. The lowest BCUT2D eigenvalue weighted by molar-refractivity contribution is 0.0212. The molecule has 2 aliphatic rings. The summed E-state index contributed by atoms with van der Waals surface area (Å²) in [6.45, 7) is 10.7. The van der Waals surface area contributed by atoms with Crippen LogP contribution in [0.25, 0.3) is 10.9 Å². The molecular formula is C29H40N6O3. The molecule has 0 unspecified atom stereocenters. The van der Waals surface area contributed by atoms with Crippen molar-refractivity contribution in [2.24, 2.45) is 10.9 Å². The van der Waals surface area contributed by atoms with Crippen LogP contribution in [0.2, 0.25) is 0 Å². The summed E-state index contributed by atoms with van der Waals surface area (Å²) in [5.41, 5.74) is 3.49. The van der Waals surface area contributed by atoms with Gasteiger partial charge in [-0.25, -0.2) is 4.99 Å². The van der Waals surface area contributed by atoms with Gasteiger partial charge in [-0.3, -0.25) is 9.48 Å². The predicted octanol–water partition coefficient (Wildman–Crippen LogP) is 4.80. The highest BCUT2D eigenvalue weighted by Gasteiger charge is 2.27. The zero-order valence-corrected chi connectivity index (χ0v) is 22.7. The van der Waals surface area contributed by atoms with E-state index in [4.69, 9.17) is 9.73 Å². The molecule has 0 aliphatic carbocycles. The van der Waals surface area contributed by atoms with Crippen molar-refractivity contribution in [3.05, 3.63) is 41.7 Å². The van der Waals surface area contributed by atoms with Gasteiger partial charge in [0.15, 0.2) is 5.88 Å². The Bertz CT molecular complexity index is 1280. The molecule has 2 aromatic heterocycles. The lowest BCUT2D eigenvalue weighted by atomic mass is 10.00. The lowest BCUT2D eigenvalue weighted by Crippen LogP contribution is -2.44. The monoisotopic (exact) mass is 520 g/mol. The Morgan fingerprint density at radius 1 is 1.21 bits per heavy atom. The predicted molar refractivity (Wildman–Crippen MR) is 150 cm³/mol. The number of amides is 1. The highest BCUT2D eigenvalue weighted by atomic mass is 16.5. The first-order chi connectivity index (χ1) is 18.4. The number of aromatic nitrogens is 3. The molecule has 0 radical (unpaired) electrons. The van der Waals surface area contributed by atoms with Crippen molar-refractivity contribution in [1.29, 1.82) is 0 Å². The highest BCUT2D eigenvalue weighted by Crippen LogP contribution is 2.32. The van der Waals surface area contributed by atoms with E-state index in [-0.39, 0.29) is 11.8 Å². The van der Waals surface area contributed by atoms with Gasteiger partial charge in [0.05, 0.1) is 29.7 Å². The molecule has 3 N–H and O–H groups in total. The van der Waals surface area contributed by atoms with E-state index < -0.39 is 0 Å². The van der Waals surface area contributed by atoms with Gasteiger partial charge < -0.3 is 25.0 Å². The number of rotatable bonds is 8. The molecule has 2 fully saturated rings. The molecule has 9 heteroatoms. The first kappa shape index (κ1) is 26.4. The molecule has 0 spiro atoms. The van der Waals surface area contributed by atoms with Crippen molar-refractivity contribution in [3.8, 4) is 5.88 Å². The Morgan fingerprint density at radius 3 is 2.68 bits per heavy atom. The molecule has 38 heavy (non-hydrogen) atoms. The summed E-state index contributed by atoms with van der Waals surface area (Å²) in [5.74, 6) is 0.313. The zero-order valence-electron chi connectivity index (χ0n) is 22.7. The molecular weight excluding hydrogens is 480 g/mol. The van der Waals surface area contributed by atoms with E-state index >= 15 is 0 Å². The average Bonchev–Trinajstić information content (AvgIpc) is 3.54. The third-order valence-corrected chi connectivity index (χ3v) is 7.77. The van der Waals surface area contributed by atoms with Gasteiger partial charge in [0, 0.05) is 55.4 Å². The number of aromatic hydroxyl groups is 1. The maximum Gasteiger partial charge on any atom is 0.251 e. The second kappa shape index (κ2) is 11.7. The van der Waals surface area contributed by atoms with Gasteiger partial charge in [-0.05, 0) is 56.2 Å². The van der Waals surface area contributed by atoms with Crippen molar-refractivity contribution in [2.75, 3.05) is 32.8 Å². The first-order valence-electron chi connectivity index (χ1n) is 14.0. The lowest BCUT2D eigenvalue weighted by Gasteiger charge is -2.39. The SMILES string of the molecule is CCC(=Nc1cnn(C2CCN(C3CCOCC3)CC2)c1)c1c(O)[nH]c2ccc(C(=O)NCC(C)C)cc12. The largest absolute Gasteiger partial charge is 0.494 e. The average molecular weight is 521 g/mol. The number of hydrogen-bond donors (Lipinski definition) is 3. The molecule has 0 saturated carbocycles. The van der Waals surface area contributed by atoms with Gasteiger partial charge in [0.1, 0.15) is 5.69 Å². The van der Waals surface area contributed by atoms with E-state index in [0.29, 0.717) is 42.1 Å². The molecule has 2 aliphatic heterocycles. The van der Waals surface area contributed by atoms with E-state index in [0.717, 1.165) is 74.3 Å². The molecule has 0 atom stereocenters. The molecule has 1 amide bonds. The molecule has 2 saturated heterocycles. The number of H-pyrrole nitrogens is 1. The second-order valence-corrected chi connectivity index (χ2v) is 10.9. The normalized spacial score (nSPS) is 18.5. The molecule has 9 nitrogen and oxygen atoms in total. The smallest absolute Gasteiger partial charge is 0.251 e. The van der Waals surface area contributed by atoms with E-state index in [2.05, 4.69) is 38.8 Å². The van der Waals surface area contributed by atoms with Crippen molar-refractivity contribution in [3.63, 3.8) is 0 Å². The third-order valence-electron chi connectivity index (χ3n) is 7.77. The van der Waals surface area contributed by atoms with Crippen LogP contribution >= 0.6 is 0 Å². The second-order valence-electron chi connectivity index (χ2n) is 10.9. The fourth-order valence-electron chi connectivity index (χ4n) is 5.63. The van der Waals surface area contributed by atoms with Crippen LogP contribution in [0, 0.1) is 5.92 Å². The van der Waals surface area contributed by atoms with Crippen molar-refractivity contribution >= 4 is 28.2 Å². The van der Waals surface area contributed by atoms with Crippen LogP contribution in [0.5, 0.6) is 5.88 Å². The summed E-state index contributed by atoms with van der Waals surface area (Å²) < 4.78 is 7.58. The van der Waals surface area contributed by atoms with Crippen LogP contribution in [-0.2, 0) is 4.74 Å². The fourth-order valence-corrected chi connectivity index (χ4v) is 5.63. The van der Waals surface area contributed by atoms with Crippen LogP contribution in [0.15, 0.2) is 35.6 Å². The van der Waals surface area contributed by atoms with E-state index in [9.17, 15) is 9.90 Å². The number of nitrogens with zero attached hydrogens (tertiary/aromatic N) is 4. The molecule has 1 aromatic carbocycles. The minimum atomic E-state index is -0.119. The van der Waals surface area contributed by atoms with Crippen LogP contribution in [0.4, 0.5) is 5.69 Å². The number of hydrogen-bond acceptors (Lipinski definition) is 6. The van der Waals surface area contributed by atoms with Crippen molar-refractivity contribution in [2.45, 2.75) is 65.0 Å². The summed E-state index contributed by atoms with van der Waals surface area (Å²) in [5, 5.41) is 19.2. The van der Waals surface area contributed by atoms with Gasteiger partial charge in [0.2, 0.25) is 0 Å². The number of fused-ring (bicyclic) bond motifs is 1. The number of carbonyl (C=O) groups excluding carboxylic acids is 1. The van der Waals surface area contributed by atoms with Crippen LogP contribution in [0.1, 0.15) is 74.8 Å². The number of benzene rings is 1. The number of piperidine rings is 1. The van der Waals surface area contributed by atoms with Gasteiger partial charge in [-0.2, -0.15) is 5.10 Å². The number of carbonyl (C=O) groups is 1. The molecule has 5 rings (SSSR count). The highest BCUT2D eigenvalue weighted by molar-refractivity contribution is 6.14. The minimum absolute atomic E-state index is 0.0632. The first-order valence-corrected chi connectivity index (χ1v) is 14.0. The molecule has 0 bridgehead atoms. The minimum Gasteiger partial charge on any atom is -0.494 e. The van der Waals surface area contributed by atoms with E-state index in [1.165, 1.54) is 0 Å². The Morgan fingerprint density at radius 2 is 1.97 bits per heavy atom. The Hall–Kier alpha value is -3.17. The number of nitrogens with one attached hydrogen (secondary N) is 2. The molecule has 4 heterocycles. The van der Waals surface area contributed by atoms with Crippen LogP contribution < -0.4 is 5.32 Å². The quantitative estimate of drug-likeness (QED) is 0.370. The standard InChI is InChI=1S/C29H40N6O3/c1-4-25(27-24-15-20(28(36)30-16-19(2)3)5-6-26(24)33-29(27)37)32-21-17-31-35(18-21)23-7-11-34(12-8-23)22-9-13-38-14-10-22/h5-6,15,17-19,22-23,33,37H,4,7-14,16H2,1-3H3,(H,30,36). The van der Waals surface area contributed by atoms with E-state index in [1.54, 1.807) is 12.3 Å². The zero-order chi connectivity index (χ0) is 26.6. The fraction of sp³-hybridized carbons (Fsp3) is 0.552. The van der Waals surface area contributed by atoms with Crippen molar-refractivity contribution in [1.82, 2.24) is 25.0 Å². The number of ether oxygens (including phenoxy) is 1. The number of aliphatic imine (C=N–C) groups is 1. The number of aromatic amines is 1. The summed E-state index contributed by atoms with van der Waals surface area (Å²) in [4.78, 5) is 23.2. The molecule has 3 aromatic rings. The third kappa shape index (κ3) is 5.78. The molecule has 204 valence electrons. The Kier molecular flexibility index (Phi) is 8.14. The maximum absolute atomic E-state index is 12.7. The van der Waals surface area contributed by atoms with Gasteiger partial charge in [0.25, 0.3) is 5.91 Å². The van der Waals surface area contributed by atoms with Gasteiger partial charge in [-0.15, -0.1) is 0 Å². The van der Waals surface area contributed by atoms with Crippen molar-refractivity contribution < 1.29 is 14.6 Å². The van der Waals surface area contributed by atoms with Crippen LogP contribution in [0.3, 0.4) is 0 Å². The summed E-state index contributed by atoms with van der Waals surface area (Å²) >= 11 is 0. The summed E-state index contributed by atoms with van der Waals surface area (Å²) in [6.07, 6.45) is 8.87. The topological polar surface area (TPSA) is 108 Å². The summed E-state index contributed by atoms with van der Waals surface area (Å²) in [7, 11) is 0. The Balaban J connectivity index is 1.33. The van der Waals surface area contributed by atoms with E-state index in [1.807, 2.05) is 25.3 Å². The Labute approximate surface area is 224 Å². The van der Waals surface area contributed by atoms with Gasteiger partial charge in [-0.1, -0.05) is 20.8 Å².